The van der Waals surface area contributed by atoms with Gasteiger partial charge in [0.1, 0.15) is 6.04 Å². The number of hydrogen-bond acceptors (Lipinski definition) is 5. The predicted octanol–water partition coefficient (Wildman–Crippen LogP) is 2.96. The fraction of sp³-hybridized carbons (Fsp3) is 0.727. The van der Waals surface area contributed by atoms with Crippen LogP contribution in [0.25, 0.3) is 0 Å². The lowest BCUT2D eigenvalue weighted by molar-refractivity contribution is -0.149. The first-order valence-corrected chi connectivity index (χ1v) is 12.2. The van der Waals surface area contributed by atoms with Gasteiger partial charge in [-0.05, 0) is 68.9 Å². The van der Waals surface area contributed by atoms with Crippen molar-refractivity contribution in [1.29, 1.82) is 0 Å². The molecule has 0 radical (unpaired) electrons. The molecule has 164 valence electrons. The average molecular weight is 452 g/mol. The van der Waals surface area contributed by atoms with Crippen LogP contribution >= 0.6 is 22.9 Å². The van der Waals surface area contributed by atoms with Crippen LogP contribution in [-0.2, 0) is 14.3 Å². The summed E-state index contributed by atoms with van der Waals surface area (Å²) >= 11 is 7.70. The highest BCUT2D eigenvalue weighted by molar-refractivity contribution is 7.16. The number of nitrogens with two attached hydrogens (primary N) is 1. The summed E-state index contributed by atoms with van der Waals surface area (Å²) in [5.74, 6) is 1.22. The molecule has 2 heterocycles. The maximum atomic E-state index is 13.4. The molecular formula is C22H30ClN3O3S. The second-order valence-corrected chi connectivity index (χ2v) is 11.5. The molecule has 4 aliphatic carbocycles. The van der Waals surface area contributed by atoms with Crippen molar-refractivity contribution in [2.24, 2.45) is 28.9 Å². The highest BCUT2D eigenvalue weighted by atomic mass is 35.5. The summed E-state index contributed by atoms with van der Waals surface area (Å²) in [7, 11) is 0. The normalized spacial score (nSPS) is 39.1. The highest BCUT2D eigenvalue weighted by Crippen LogP contribution is 2.59. The van der Waals surface area contributed by atoms with E-state index in [-0.39, 0.29) is 35.4 Å². The van der Waals surface area contributed by atoms with Crippen molar-refractivity contribution >= 4 is 34.8 Å². The van der Waals surface area contributed by atoms with Gasteiger partial charge in [0.15, 0.2) is 0 Å². The zero-order valence-corrected chi connectivity index (χ0v) is 18.9. The van der Waals surface area contributed by atoms with Gasteiger partial charge in [-0.1, -0.05) is 11.6 Å². The standard InChI is InChI=1S/C22H30ClN3O3S/c1-12(17-2-3-18(23)30-17)26-4-5-29-11-16(26)20(27)25-19-14-6-13-7-15(19)10-22(8-13,9-14)21(24)28/h2-3,12-16,19H,4-11H2,1H3,(H2,24,28)(H,25,27)/t12?,13?,14?,15?,16-,19?,22?/m1/s1. The Kier molecular flexibility index (Phi) is 5.37. The van der Waals surface area contributed by atoms with Crippen LogP contribution in [-0.4, -0.2) is 48.6 Å². The quantitative estimate of drug-likeness (QED) is 0.720. The summed E-state index contributed by atoms with van der Waals surface area (Å²) < 4.78 is 6.46. The van der Waals surface area contributed by atoms with Gasteiger partial charge in [0.25, 0.3) is 0 Å². The van der Waals surface area contributed by atoms with E-state index in [0.717, 1.165) is 47.9 Å². The van der Waals surface area contributed by atoms with E-state index in [1.54, 1.807) is 11.3 Å². The first-order valence-electron chi connectivity index (χ1n) is 11.1. The van der Waals surface area contributed by atoms with Crippen molar-refractivity contribution < 1.29 is 14.3 Å². The van der Waals surface area contributed by atoms with E-state index < -0.39 is 0 Å². The topological polar surface area (TPSA) is 84.7 Å². The van der Waals surface area contributed by atoms with Crippen LogP contribution in [0.4, 0.5) is 0 Å². The summed E-state index contributed by atoms with van der Waals surface area (Å²) in [5, 5.41) is 3.39. The number of hydrogen-bond donors (Lipinski definition) is 2. The van der Waals surface area contributed by atoms with Gasteiger partial charge in [-0.3, -0.25) is 14.5 Å². The maximum absolute atomic E-state index is 13.4. The summed E-state index contributed by atoms with van der Waals surface area (Å²) in [4.78, 5) is 29.0. The molecule has 30 heavy (non-hydrogen) atoms. The number of carbonyl (C=O) groups is 2. The Balaban J connectivity index is 1.30. The first-order chi connectivity index (χ1) is 14.4. The van der Waals surface area contributed by atoms with Gasteiger partial charge in [0, 0.05) is 28.9 Å². The van der Waals surface area contributed by atoms with E-state index >= 15 is 0 Å². The lowest BCUT2D eigenvalue weighted by Crippen LogP contribution is -2.64. The van der Waals surface area contributed by atoms with Crippen LogP contribution in [0.3, 0.4) is 0 Å². The number of nitrogens with one attached hydrogen (secondary N) is 1. The Morgan fingerprint density at radius 2 is 2.03 bits per heavy atom. The van der Waals surface area contributed by atoms with Crippen molar-refractivity contribution in [2.45, 2.75) is 57.2 Å². The molecule has 2 amide bonds. The predicted molar refractivity (Wildman–Crippen MR) is 116 cm³/mol. The lowest BCUT2D eigenvalue weighted by atomic mass is 9.47. The van der Waals surface area contributed by atoms with Crippen LogP contribution in [0.2, 0.25) is 4.34 Å². The lowest BCUT2D eigenvalue weighted by Gasteiger charge is -2.59. The number of thiophene rings is 1. The number of primary amides is 1. The number of morpholine rings is 1. The van der Waals surface area contributed by atoms with Gasteiger partial charge < -0.3 is 15.8 Å². The molecule has 1 aromatic rings. The van der Waals surface area contributed by atoms with E-state index in [4.69, 9.17) is 22.1 Å². The minimum Gasteiger partial charge on any atom is -0.378 e. The molecule has 0 spiro atoms. The molecule has 1 aromatic heterocycles. The number of rotatable bonds is 5. The molecule has 6 rings (SSSR count). The van der Waals surface area contributed by atoms with Crippen LogP contribution in [0.5, 0.6) is 0 Å². The SMILES string of the molecule is CC(c1ccc(Cl)s1)N1CCOC[C@@H]1C(=O)NC1C2CC3CC1CC(C(N)=O)(C3)C2. The maximum Gasteiger partial charge on any atom is 0.240 e. The molecular weight excluding hydrogens is 422 g/mol. The third-order valence-corrected chi connectivity index (χ3v) is 9.48. The van der Waals surface area contributed by atoms with E-state index in [2.05, 4.69) is 17.1 Å². The summed E-state index contributed by atoms with van der Waals surface area (Å²) in [5.41, 5.74) is 5.48. The number of halogens is 1. The van der Waals surface area contributed by atoms with Crippen LogP contribution in [0.1, 0.15) is 49.9 Å². The molecule has 5 aliphatic rings. The molecule has 1 saturated heterocycles. The van der Waals surface area contributed by atoms with Crippen LogP contribution in [0.15, 0.2) is 12.1 Å². The van der Waals surface area contributed by atoms with Crippen molar-refractivity contribution in [3.8, 4) is 0 Å². The molecule has 4 bridgehead atoms. The van der Waals surface area contributed by atoms with Gasteiger partial charge in [0.05, 0.1) is 17.6 Å². The zero-order chi connectivity index (χ0) is 21.0. The molecule has 0 aromatic carbocycles. The Morgan fingerprint density at radius 3 is 2.67 bits per heavy atom. The minimum absolute atomic E-state index is 0.0507. The second-order valence-electron chi connectivity index (χ2n) is 9.80. The number of amides is 2. The first kappa shape index (κ1) is 20.7. The molecule has 5 fully saturated rings. The van der Waals surface area contributed by atoms with E-state index in [0.29, 0.717) is 31.0 Å². The van der Waals surface area contributed by atoms with Crippen LogP contribution < -0.4 is 11.1 Å². The fourth-order valence-corrected chi connectivity index (χ4v) is 7.98. The van der Waals surface area contributed by atoms with Crippen molar-refractivity contribution in [3.63, 3.8) is 0 Å². The van der Waals surface area contributed by atoms with Crippen molar-refractivity contribution in [2.75, 3.05) is 19.8 Å². The largest absolute Gasteiger partial charge is 0.378 e. The smallest absolute Gasteiger partial charge is 0.240 e. The summed E-state index contributed by atoms with van der Waals surface area (Å²) in [6.07, 6.45) is 4.81. The number of nitrogens with zero attached hydrogens (tertiary/aromatic N) is 1. The Morgan fingerprint density at radius 1 is 1.30 bits per heavy atom. The van der Waals surface area contributed by atoms with Gasteiger partial charge in [-0.25, -0.2) is 0 Å². The van der Waals surface area contributed by atoms with Gasteiger partial charge in [-0.15, -0.1) is 11.3 Å². The monoisotopic (exact) mass is 451 g/mol. The Hall–Kier alpha value is -1.15. The molecule has 1 aliphatic heterocycles. The van der Waals surface area contributed by atoms with E-state index in [1.165, 1.54) is 0 Å². The molecule has 6 nitrogen and oxygen atoms in total. The minimum atomic E-state index is -0.329. The van der Waals surface area contributed by atoms with E-state index in [9.17, 15) is 9.59 Å². The van der Waals surface area contributed by atoms with Gasteiger partial charge in [-0.2, -0.15) is 0 Å². The highest BCUT2D eigenvalue weighted by Gasteiger charge is 2.58. The molecule has 3 N–H and O–H groups in total. The summed E-state index contributed by atoms with van der Waals surface area (Å²) in [6.45, 7) is 3.89. The van der Waals surface area contributed by atoms with Gasteiger partial charge in [0.2, 0.25) is 11.8 Å². The Labute approximate surface area is 186 Å². The third kappa shape index (κ3) is 3.48. The summed E-state index contributed by atoms with van der Waals surface area (Å²) in [6, 6.07) is 3.91. The van der Waals surface area contributed by atoms with Crippen LogP contribution in [0, 0.1) is 23.2 Å². The number of carbonyl (C=O) groups excluding carboxylic acids is 2. The molecule has 3 unspecified atom stereocenters. The molecule has 4 saturated carbocycles. The average Bonchev–Trinajstić information content (AvgIpc) is 3.15. The van der Waals surface area contributed by atoms with Gasteiger partial charge >= 0.3 is 0 Å². The molecule has 4 atom stereocenters. The fourth-order valence-electron chi connectivity index (χ4n) is 6.84. The third-order valence-electron chi connectivity index (χ3n) is 8.08. The zero-order valence-electron chi connectivity index (χ0n) is 17.3. The van der Waals surface area contributed by atoms with E-state index in [1.807, 2.05) is 12.1 Å². The Bertz CT molecular complexity index is 829. The van der Waals surface area contributed by atoms with Crippen molar-refractivity contribution in [3.05, 3.63) is 21.3 Å². The second kappa shape index (κ2) is 7.76. The number of ether oxygens (including phenoxy) is 1. The van der Waals surface area contributed by atoms with Crippen molar-refractivity contribution in [1.82, 2.24) is 10.2 Å². The molecule has 8 heteroatoms.